The molecule has 1 unspecified atom stereocenters. The lowest BCUT2D eigenvalue weighted by Gasteiger charge is -2.34. The van der Waals surface area contributed by atoms with Gasteiger partial charge in [-0.1, -0.05) is 36.4 Å². The Hall–Kier alpha value is -2.76. The lowest BCUT2D eigenvalue weighted by molar-refractivity contribution is -0.193. The molecule has 2 atom stereocenters. The van der Waals surface area contributed by atoms with E-state index < -0.39 is 28.6 Å². The Kier molecular flexibility index (Phi) is 8.02. The summed E-state index contributed by atoms with van der Waals surface area (Å²) in [5, 5.41) is 23.1. The van der Waals surface area contributed by atoms with E-state index >= 15 is 0 Å². The third-order valence-electron chi connectivity index (χ3n) is 5.99. The Morgan fingerprint density at radius 3 is 2.39 bits per heavy atom. The number of alkyl halides is 3. The molecule has 0 amide bonds. The van der Waals surface area contributed by atoms with Crippen LogP contribution in [-0.2, 0) is 17.3 Å². The summed E-state index contributed by atoms with van der Waals surface area (Å²) in [6, 6.07) is 15.3. The van der Waals surface area contributed by atoms with Crippen LogP contribution in [0.15, 0.2) is 59.0 Å². The van der Waals surface area contributed by atoms with E-state index in [-0.39, 0.29) is 18.1 Å². The molecule has 0 aliphatic carbocycles. The normalized spacial score (nSPS) is 15.1. The van der Waals surface area contributed by atoms with Crippen LogP contribution in [0.1, 0.15) is 44.6 Å². The summed E-state index contributed by atoms with van der Waals surface area (Å²) >= 11 is 0.607. The van der Waals surface area contributed by atoms with E-state index in [1.54, 1.807) is 43.3 Å². The highest BCUT2D eigenvalue weighted by atomic mass is 32.1. The fraction of sp³-hybridized carbons (Fsp3) is 0.393. The predicted molar refractivity (Wildman–Crippen MR) is 142 cm³/mol. The van der Waals surface area contributed by atoms with Crippen molar-refractivity contribution in [1.82, 2.24) is 10.3 Å². The fourth-order valence-corrected chi connectivity index (χ4v) is 5.03. The van der Waals surface area contributed by atoms with Gasteiger partial charge in [-0.05, 0) is 69.9 Å². The Morgan fingerprint density at radius 2 is 1.76 bits per heavy atom. The molecule has 2 aromatic heterocycles. The Labute approximate surface area is 223 Å². The second-order valence-corrected chi connectivity index (χ2v) is 11.5. The van der Waals surface area contributed by atoms with Crippen molar-refractivity contribution >= 4 is 22.4 Å². The number of hydrogen-bond donors (Lipinski definition) is 3. The molecule has 10 heteroatoms. The summed E-state index contributed by atoms with van der Waals surface area (Å²) < 4.78 is 52.7. The molecule has 0 saturated heterocycles. The van der Waals surface area contributed by atoms with Gasteiger partial charge < -0.3 is 19.4 Å². The topological polar surface area (TPSA) is 87.8 Å². The number of nitrogens with one attached hydrogen (secondary N) is 1. The van der Waals surface area contributed by atoms with Crippen LogP contribution in [0.3, 0.4) is 0 Å². The molecule has 0 aliphatic heterocycles. The average Bonchev–Trinajstić information content (AvgIpc) is 3.46. The molecular weight excluding hydrogens is 517 g/mol. The van der Waals surface area contributed by atoms with Crippen LogP contribution in [0.4, 0.5) is 13.2 Å². The number of halogens is 3. The first-order chi connectivity index (χ1) is 17.8. The summed E-state index contributed by atoms with van der Waals surface area (Å²) in [6.45, 7) is 7.01. The predicted octanol–water partition coefficient (Wildman–Crippen LogP) is 6.61. The molecule has 2 heterocycles. The number of hydrogen-bond acceptors (Lipinski definition) is 7. The Bertz CT molecular complexity index is 1380. The number of ether oxygens (including phenoxy) is 1. The number of aliphatic hydroxyl groups is 2. The monoisotopic (exact) mass is 548 g/mol. The highest BCUT2D eigenvalue weighted by molar-refractivity contribution is 7.16. The van der Waals surface area contributed by atoms with Crippen LogP contribution in [0, 0.1) is 0 Å². The molecule has 38 heavy (non-hydrogen) atoms. The van der Waals surface area contributed by atoms with Gasteiger partial charge in [-0.25, -0.2) is 4.98 Å². The van der Waals surface area contributed by atoms with Gasteiger partial charge in [-0.3, -0.25) is 5.32 Å². The number of aromatic nitrogens is 1. The van der Waals surface area contributed by atoms with E-state index in [0.717, 1.165) is 5.56 Å². The van der Waals surface area contributed by atoms with Crippen LogP contribution in [-0.4, -0.2) is 39.4 Å². The van der Waals surface area contributed by atoms with Gasteiger partial charge in [0.15, 0.2) is 5.58 Å². The van der Waals surface area contributed by atoms with E-state index in [0.29, 0.717) is 45.7 Å². The SMILES string of the molecule is CC(C)(C)OC(O)N[C@@](C)(CO)CCc1ccc2oc(-c3cc(-c4ccccc4)c(C(F)(F)F)s3)nc2c1. The van der Waals surface area contributed by atoms with Crippen LogP contribution in [0.25, 0.3) is 33.0 Å². The van der Waals surface area contributed by atoms with Crippen molar-refractivity contribution in [2.45, 2.75) is 64.3 Å². The average molecular weight is 549 g/mol. The number of benzene rings is 2. The number of aliphatic hydroxyl groups excluding tert-OH is 2. The van der Waals surface area contributed by atoms with E-state index in [4.69, 9.17) is 9.15 Å². The molecule has 204 valence electrons. The maximum atomic E-state index is 13.8. The quantitative estimate of drug-likeness (QED) is 0.204. The molecule has 0 fully saturated rings. The lowest BCUT2D eigenvalue weighted by atomic mass is 9.94. The molecule has 0 aliphatic rings. The molecule has 4 rings (SSSR count). The van der Waals surface area contributed by atoms with Gasteiger partial charge in [0, 0.05) is 11.1 Å². The zero-order valence-electron chi connectivity index (χ0n) is 21.6. The third-order valence-corrected chi connectivity index (χ3v) is 7.16. The molecule has 0 bridgehead atoms. The minimum Gasteiger partial charge on any atom is -0.435 e. The highest BCUT2D eigenvalue weighted by Gasteiger charge is 2.37. The first-order valence-electron chi connectivity index (χ1n) is 12.2. The second-order valence-electron chi connectivity index (χ2n) is 10.5. The molecule has 0 spiro atoms. The molecule has 0 radical (unpaired) electrons. The van der Waals surface area contributed by atoms with Gasteiger partial charge >= 0.3 is 6.18 Å². The van der Waals surface area contributed by atoms with Gasteiger partial charge in [0.25, 0.3) is 0 Å². The molecule has 4 aromatic rings. The van der Waals surface area contributed by atoms with Gasteiger partial charge in [-0.2, -0.15) is 13.2 Å². The first-order valence-corrected chi connectivity index (χ1v) is 13.0. The van der Waals surface area contributed by atoms with Crippen LogP contribution in [0.5, 0.6) is 0 Å². The Balaban J connectivity index is 1.55. The van der Waals surface area contributed by atoms with Crippen LogP contribution >= 0.6 is 11.3 Å². The lowest BCUT2D eigenvalue weighted by Crippen LogP contribution is -2.53. The van der Waals surface area contributed by atoms with E-state index in [9.17, 15) is 23.4 Å². The first kappa shape index (κ1) is 28.3. The van der Waals surface area contributed by atoms with Crippen molar-refractivity contribution in [2.75, 3.05) is 6.61 Å². The van der Waals surface area contributed by atoms with Crippen molar-refractivity contribution in [1.29, 1.82) is 0 Å². The maximum Gasteiger partial charge on any atom is 0.426 e. The van der Waals surface area contributed by atoms with Crippen molar-refractivity contribution in [3.8, 4) is 21.9 Å². The third kappa shape index (κ3) is 6.81. The molecular formula is C28H31F3N2O4S. The van der Waals surface area contributed by atoms with Crippen molar-refractivity contribution in [2.24, 2.45) is 0 Å². The summed E-state index contributed by atoms with van der Waals surface area (Å²) in [5.41, 5.74) is 1.07. The minimum atomic E-state index is -4.51. The summed E-state index contributed by atoms with van der Waals surface area (Å²) in [6.07, 6.45) is -4.74. The number of aryl methyl sites for hydroxylation is 1. The van der Waals surface area contributed by atoms with E-state index in [1.165, 1.54) is 6.07 Å². The highest BCUT2D eigenvalue weighted by Crippen LogP contribution is 2.46. The van der Waals surface area contributed by atoms with Gasteiger partial charge in [0.2, 0.25) is 12.3 Å². The van der Waals surface area contributed by atoms with Crippen molar-refractivity contribution < 1.29 is 32.5 Å². The zero-order valence-corrected chi connectivity index (χ0v) is 22.4. The van der Waals surface area contributed by atoms with E-state index in [1.807, 2.05) is 32.9 Å². The van der Waals surface area contributed by atoms with Gasteiger partial charge in [-0.15, -0.1) is 11.3 Å². The molecule has 0 saturated carbocycles. The summed E-state index contributed by atoms with van der Waals surface area (Å²) in [5.74, 6) is 0.124. The standard InChI is InChI=1S/C28H31F3N2O4S/c1-26(2,3)37-25(35)33-27(4,16-34)13-12-17-10-11-21-20(14-17)32-24(36-21)22-15-19(18-8-6-5-7-9-18)23(38-22)28(29,30)31/h5-11,14-15,25,33-35H,12-13,16H2,1-4H3/t25?,27-/m1/s1. The number of oxazole rings is 1. The summed E-state index contributed by atoms with van der Waals surface area (Å²) in [4.78, 5) is 4.07. The van der Waals surface area contributed by atoms with Gasteiger partial charge in [0.05, 0.1) is 17.1 Å². The number of rotatable bonds is 9. The number of nitrogens with zero attached hydrogens (tertiary/aromatic N) is 1. The van der Waals surface area contributed by atoms with Gasteiger partial charge in [0.1, 0.15) is 10.4 Å². The number of thiophene rings is 1. The molecule has 2 aromatic carbocycles. The smallest absolute Gasteiger partial charge is 0.426 e. The summed E-state index contributed by atoms with van der Waals surface area (Å²) in [7, 11) is 0. The minimum absolute atomic E-state index is 0.0921. The molecule has 3 N–H and O–H groups in total. The zero-order chi connectivity index (χ0) is 27.7. The largest absolute Gasteiger partial charge is 0.435 e. The van der Waals surface area contributed by atoms with E-state index in [2.05, 4.69) is 10.3 Å². The van der Waals surface area contributed by atoms with Crippen molar-refractivity contribution in [3.05, 3.63) is 65.0 Å². The fourth-order valence-electron chi connectivity index (χ4n) is 4.05. The second kappa shape index (κ2) is 10.8. The van der Waals surface area contributed by atoms with Crippen LogP contribution < -0.4 is 5.32 Å². The van der Waals surface area contributed by atoms with Crippen molar-refractivity contribution in [3.63, 3.8) is 0 Å². The Morgan fingerprint density at radius 1 is 1.05 bits per heavy atom. The maximum absolute atomic E-state index is 13.8. The number of fused-ring (bicyclic) bond motifs is 1. The molecule has 6 nitrogen and oxygen atoms in total. The van der Waals surface area contributed by atoms with Crippen LogP contribution in [0.2, 0.25) is 0 Å².